The van der Waals surface area contributed by atoms with E-state index < -0.39 is 0 Å². The van der Waals surface area contributed by atoms with Gasteiger partial charge in [-0.3, -0.25) is 0 Å². The summed E-state index contributed by atoms with van der Waals surface area (Å²) in [5.74, 6) is 1.81. The van der Waals surface area contributed by atoms with Crippen LogP contribution in [0.3, 0.4) is 0 Å². The number of aliphatic hydroxyl groups excluding tert-OH is 1. The molecule has 1 aliphatic heterocycles. The van der Waals surface area contributed by atoms with Gasteiger partial charge in [0.2, 0.25) is 0 Å². The SMILES string of the molecule is CCNC(=NCc1ccnc(N2CCN(C)CC2)c1)NCC(CO)c1ccccc1.I. The van der Waals surface area contributed by atoms with Crippen LogP contribution in [0.4, 0.5) is 5.82 Å². The van der Waals surface area contributed by atoms with Crippen molar-refractivity contribution in [2.75, 3.05) is 57.8 Å². The van der Waals surface area contributed by atoms with Crippen LogP contribution in [0.1, 0.15) is 24.0 Å². The third kappa shape index (κ3) is 7.93. The number of benzene rings is 1. The van der Waals surface area contributed by atoms with Crippen LogP contribution in [0.5, 0.6) is 0 Å². The van der Waals surface area contributed by atoms with E-state index in [0.29, 0.717) is 13.1 Å². The molecule has 0 amide bonds. The molecule has 3 rings (SSSR count). The lowest BCUT2D eigenvalue weighted by molar-refractivity contribution is 0.265. The maximum Gasteiger partial charge on any atom is 0.191 e. The topological polar surface area (TPSA) is 76.0 Å². The number of nitrogens with zero attached hydrogens (tertiary/aromatic N) is 4. The second kappa shape index (κ2) is 13.5. The minimum Gasteiger partial charge on any atom is -0.396 e. The van der Waals surface area contributed by atoms with E-state index >= 15 is 0 Å². The van der Waals surface area contributed by atoms with Gasteiger partial charge in [-0.05, 0) is 37.2 Å². The fourth-order valence-electron chi connectivity index (χ4n) is 3.51. The van der Waals surface area contributed by atoms with E-state index in [2.05, 4.69) is 45.5 Å². The summed E-state index contributed by atoms with van der Waals surface area (Å²) in [6.45, 7) is 8.25. The quantitative estimate of drug-likeness (QED) is 0.272. The van der Waals surface area contributed by atoms with Gasteiger partial charge in [0.15, 0.2) is 5.96 Å². The fourth-order valence-corrected chi connectivity index (χ4v) is 3.51. The molecule has 31 heavy (non-hydrogen) atoms. The number of likely N-dealkylation sites (N-methyl/N-ethyl adjacent to an activating group) is 1. The Kier molecular flexibility index (Phi) is 11.0. The van der Waals surface area contributed by atoms with Crippen LogP contribution >= 0.6 is 24.0 Å². The van der Waals surface area contributed by atoms with Gasteiger partial charge in [0, 0.05) is 51.4 Å². The Labute approximate surface area is 203 Å². The summed E-state index contributed by atoms with van der Waals surface area (Å²) in [5, 5.41) is 16.4. The molecule has 0 spiro atoms. The van der Waals surface area contributed by atoms with E-state index in [0.717, 1.165) is 55.6 Å². The molecular formula is C23H35IN6O. The van der Waals surface area contributed by atoms with Crippen molar-refractivity contribution in [3.05, 3.63) is 59.8 Å². The minimum atomic E-state index is 0. The number of nitrogens with one attached hydrogen (secondary N) is 2. The summed E-state index contributed by atoms with van der Waals surface area (Å²) in [5.41, 5.74) is 2.26. The molecule has 1 aromatic carbocycles. The molecule has 170 valence electrons. The molecule has 1 unspecified atom stereocenters. The molecule has 2 heterocycles. The first-order valence-corrected chi connectivity index (χ1v) is 10.8. The summed E-state index contributed by atoms with van der Waals surface area (Å²) in [6, 6.07) is 14.2. The number of hydrogen-bond donors (Lipinski definition) is 3. The van der Waals surface area contributed by atoms with E-state index in [1.165, 1.54) is 0 Å². The van der Waals surface area contributed by atoms with E-state index in [1.54, 1.807) is 0 Å². The Bertz CT molecular complexity index is 796. The summed E-state index contributed by atoms with van der Waals surface area (Å²) in [6.07, 6.45) is 1.87. The standard InChI is InChI=1S/C23H34N6O.HI/c1-3-24-23(27-17-21(18-30)20-7-5-4-6-8-20)26-16-19-9-10-25-22(15-19)29-13-11-28(2)12-14-29;/h4-10,15,21,30H,3,11-14,16-18H2,1-2H3,(H2,24,26,27);1H. The van der Waals surface area contributed by atoms with Crippen LogP contribution in [-0.2, 0) is 6.54 Å². The van der Waals surface area contributed by atoms with Gasteiger partial charge in [-0.25, -0.2) is 9.98 Å². The average molecular weight is 538 g/mol. The molecule has 0 bridgehead atoms. The molecule has 1 saturated heterocycles. The van der Waals surface area contributed by atoms with Gasteiger partial charge in [-0.1, -0.05) is 30.3 Å². The lowest BCUT2D eigenvalue weighted by Gasteiger charge is -2.33. The third-order valence-electron chi connectivity index (χ3n) is 5.41. The Hall–Kier alpha value is -1.91. The predicted molar refractivity (Wildman–Crippen MR) is 138 cm³/mol. The number of rotatable bonds is 8. The Morgan fingerprint density at radius 3 is 2.55 bits per heavy atom. The Morgan fingerprint density at radius 1 is 1.13 bits per heavy atom. The first kappa shape index (κ1) is 25.4. The third-order valence-corrected chi connectivity index (χ3v) is 5.41. The van der Waals surface area contributed by atoms with Gasteiger partial charge < -0.3 is 25.5 Å². The van der Waals surface area contributed by atoms with Crippen molar-refractivity contribution in [3.63, 3.8) is 0 Å². The van der Waals surface area contributed by atoms with Crippen molar-refractivity contribution < 1.29 is 5.11 Å². The maximum atomic E-state index is 9.79. The number of piperazine rings is 1. The number of aromatic nitrogens is 1. The summed E-state index contributed by atoms with van der Waals surface area (Å²) < 4.78 is 0. The highest BCUT2D eigenvalue weighted by molar-refractivity contribution is 14.0. The van der Waals surface area contributed by atoms with Gasteiger partial charge in [0.05, 0.1) is 13.2 Å². The summed E-state index contributed by atoms with van der Waals surface area (Å²) >= 11 is 0. The zero-order chi connectivity index (χ0) is 21.2. The molecule has 8 heteroatoms. The van der Waals surface area contributed by atoms with E-state index in [-0.39, 0.29) is 36.5 Å². The highest BCUT2D eigenvalue weighted by Crippen LogP contribution is 2.16. The Morgan fingerprint density at radius 2 is 1.87 bits per heavy atom. The van der Waals surface area contributed by atoms with Gasteiger partial charge in [-0.2, -0.15) is 0 Å². The molecule has 0 aliphatic carbocycles. The number of aliphatic hydroxyl groups is 1. The first-order valence-electron chi connectivity index (χ1n) is 10.8. The zero-order valence-electron chi connectivity index (χ0n) is 18.5. The highest BCUT2D eigenvalue weighted by Gasteiger charge is 2.15. The fraction of sp³-hybridized carbons (Fsp3) is 0.478. The number of hydrogen-bond acceptors (Lipinski definition) is 5. The van der Waals surface area contributed by atoms with Crippen LogP contribution in [-0.4, -0.2) is 73.9 Å². The Balaban J connectivity index is 0.00000341. The molecule has 0 saturated carbocycles. The second-order valence-electron chi connectivity index (χ2n) is 7.68. The van der Waals surface area contributed by atoms with E-state index in [9.17, 15) is 5.11 Å². The molecule has 3 N–H and O–H groups in total. The smallest absolute Gasteiger partial charge is 0.191 e. The van der Waals surface area contributed by atoms with Gasteiger partial charge in [0.1, 0.15) is 5.82 Å². The van der Waals surface area contributed by atoms with Crippen molar-refractivity contribution in [1.82, 2.24) is 20.5 Å². The van der Waals surface area contributed by atoms with E-state index in [1.807, 2.05) is 42.6 Å². The summed E-state index contributed by atoms with van der Waals surface area (Å²) in [7, 11) is 2.16. The normalized spacial score (nSPS) is 15.8. The molecule has 1 atom stereocenters. The van der Waals surface area contributed by atoms with Gasteiger partial charge >= 0.3 is 0 Å². The minimum absolute atomic E-state index is 0. The second-order valence-corrected chi connectivity index (χ2v) is 7.68. The van der Waals surface area contributed by atoms with Crippen molar-refractivity contribution >= 4 is 35.8 Å². The van der Waals surface area contributed by atoms with Gasteiger partial charge in [0.25, 0.3) is 0 Å². The van der Waals surface area contributed by atoms with E-state index in [4.69, 9.17) is 4.99 Å². The number of guanidine groups is 1. The largest absolute Gasteiger partial charge is 0.396 e. The zero-order valence-corrected chi connectivity index (χ0v) is 20.8. The van der Waals surface area contributed by atoms with Crippen molar-refractivity contribution in [2.45, 2.75) is 19.4 Å². The van der Waals surface area contributed by atoms with Crippen LogP contribution in [0.25, 0.3) is 0 Å². The predicted octanol–water partition coefficient (Wildman–Crippen LogP) is 2.28. The lowest BCUT2D eigenvalue weighted by atomic mass is 10.0. The number of pyridine rings is 1. The molecule has 2 aromatic rings. The van der Waals surface area contributed by atoms with Crippen molar-refractivity contribution in [2.24, 2.45) is 4.99 Å². The molecular weight excluding hydrogens is 503 g/mol. The molecule has 1 aromatic heterocycles. The number of aliphatic imine (C=N–C) groups is 1. The molecule has 1 aliphatic rings. The van der Waals surface area contributed by atoms with Crippen LogP contribution in [0.15, 0.2) is 53.7 Å². The lowest BCUT2D eigenvalue weighted by Crippen LogP contribution is -2.44. The first-order chi connectivity index (χ1) is 14.7. The monoisotopic (exact) mass is 538 g/mol. The van der Waals surface area contributed by atoms with Crippen molar-refractivity contribution in [1.29, 1.82) is 0 Å². The maximum absolute atomic E-state index is 9.79. The summed E-state index contributed by atoms with van der Waals surface area (Å²) in [4.78, 5) is 14.0. The van der Waals surface area contributed by atoms with Crippen LogP contribution in [0.2, 0.25) is 0 Å². The van der Waals surface area contributed by atoms with Crippen LogP contribution < -0.4 is 15.5 Å². The van der Waals surface area contributed by atoms with Gasteiger partial charge in [-0.15, -0.1) is 24.0 Å². The molecule has 0 radical (unpaired) electrons. The number of anilines is 1. The molecule has 1 fully saturated rings. The number of halogens is 1. The molecule has 7 nitrogen and oxygen atoms in total. The van der Waals surface area contributed by atoms with Crippen LogP contribution in [0, 0.1) is 0 Å². The van der Waals surface area contributed by atoms with Crippen molar-refractivity contribution in [3.8, 4) is 0 Å². The average Bonchev–Trinajstić information content (AvgIpc) is 2.79. The highest BCUT2D eigenvalue weighted by atomic mass is 127.